The van der Waals surface area contributed by atoms with Crippen molar-refractivity contribution in [1.82, 2.24) is 0 Å². The fourth-order valence-corrected chi connectivity index (χ4v) is 2.92. The van der Waals surface area contributed by atoms with Gasteiger partial charge in [0.05, 0.1) is 0 Å². The average molecular weight is 321 g/mol. The zero-order valence-electron chi connectivity index (χ0n) is 5.32. The molecule has 0 nitrogen and oxygen atoms in total. The van der Waals surface area contributed by atoms with Crippen LogP contribution in [-0.4, -0.2) is 0 Å². The van der Waals surface area contributed by atoms with Crippen LogP contribution in [-0.2, 0) is 0 Å². The molecule has 0 amide bonds. The summed E-state index contributed by atoms with van der Waals surface area (Å²) in [7, 11) is 0. The molecular weight excluding hydrogens is 317 g/mol. The first kappa shape index (κ1) is 9.90. The molecule has 1 rings (SSSR count). The Balaban J connectivity index is 3.21. The lowest BCUT2D eigenvalue weighted by atomic mass is 10.2. The average Bonchev–Trinajstić information content (AvgIpc) is 1.85. The number of benzene rings is 1. The molecular formula is C7H4Cl3I. The Labute approximate surface area is 94.0 Å². The number of hydrogen-bond acceptors (Lipinski definition) is 0. The van der Waals surface area contributed by atoms with Crippen LogP contribution in [0.5, 0.6) is 0 Å². The molecule has 0 bridgehead atoms. The summed E-state index contributed by atoms with van der Waals surface area (Å²) in [5.74, 6) is 0. The van der Waals surface area contributed by atoms with E-state index in [4.69, 9.17) is 34.8 Å². The maximum atomic E-state index is 5.85. The Morgan fingerprint density at radius 3 is 2.27 bits per heavy atom. The molecule has 0 atom stereocenters. The van der Waals surface area contributed by atoms with Crippen LogP contribution >= 0.6 is 57.4 Å². The van der Waals surface area contributed by atoms with E-state index in [9.17, 15) is 0 Å². The van der Waals surface area contributed by atoms with Gasteiger partial charge in [-0.3, -0.25) is 0 Å². The van der Waals surface area contributed by atoms with Crippen LogP contribution in [0.4, 0.5) is 0 Å². The summed E-state index contributed by atoms with van der Waals surface area (Å²) in [4.78, 5) is -0.546. The van der Waals surface area contributed by atoms with Crippen molar-refractivity contribution in [2.45, 2.75) is 4.84 Å². The number of halogens is 4. The molecule has 0 saturated heterocycles. The molecule has 0 aliphatic rings. The van der Waals surface area contributed by atoms with Gasteiger partial charge >= 0.3 is 0 Å². The highest BCUT2D eigenvalue weighted by Crippen LogP contribution is 2.34. The fourth-order valence-electron chi connectivity index (χ4n) is 0.719. The predicted molar refractivity (Wildman–Crippen MR) is 58.6 cm³/mol. The zero-order chi connectivity index (χ0) is 8.43. The van der Waals surface area contributed by atoms with Crippen LogP contribution in [0, 0.1) is 3.57 Å². The molecule has 0 aliphatic carbocycles. The molecule has 0 spiro atoms. The van der Waals surface area contributed by atoms with Gasteiger partial charge in [0.2, 0.25) is 0 Å². The maximum absolute atomic E-state index is 5.85. The van der Waals surface area contributed by atoms with Crippen molar-refractivity contribution < 1.29 is 0 Å². The first-order valence-corrected chi connectivity index (χ1v) is 5.18. The van der Waals surface area contributed by atoms with Gasteiger partial charge in [-0.25, -0.2) is 0 Å². The molecule has 0 heterocycles. The Kier molecular flexibility index (Phi) is 3.75. The summed E-state index contributed by atoms with van der Waals surface area (Å²) in [6.07, 6.45) is 0. The standard InChI is InChI=1S/C7H4Cl3I/c8-4-2-1-3-5(11)6(4)7(9)10/h1-3,7H. The van der Waals surface area contributed by atoms with E-state index in [1.54, 1.807) is 6.07 Å². The van der Waals surface area contributed by atoms with Gasteiger partial charge < -0.3 is 0 Å². The van der Waals surface area contributed by atoms with Crippen molar-refractivity contribution in [3.05, 3.63) is 32.4 Å². The Morgan fingerprint density at radius 2 is 1.91 bits per heavy atom. The first-order valence-electron chi connectivity index (χ1n) is 2.85. The lowest BCUT2D eigenvalue weighted by molar-refractivity contribution is 1.32. The van der Waals surface area contributed by atoms with Crippen molar-refractivity contribution >= 4 is 57.4 Å². The second kappa shape index (κ2) is 4.17. The van der Waals surface area contributed by atoms with E-state index in [1.165, 1.54) is 0 Å². The number of hydrogen-bond donors (Lipinski definition) is 0. The van der Waals surface area contributed by atoms with E-state index < -0.39 is 4.84 Å². The third-order valence-corrected chi connectivity index (χ3v) is 2.92. The number of alkyl halides is 2. The Hall–Kier alpha value is 0.820. The van der Waals surface area contributed by atoms with E-state index >= 15 is 0 Å². The fraction of sp³-hybridized carbons (Fsp3) is 0.143. The van der Waals surface area contributed by atoms with Gasteiger partial charge in [0.1, 0.15) is 4.84 Å². The van der Waals surface area contributed by atoms with Crippen molar-refractivity contribution in [2.75, 3.05) is 0 Å². The summed E-state index contributed by atoms with van der Waals surface area (Å²) in [6, 6.07) is 5.56. The highest BCUT2D eigenvalue weighted by atomic mass is 127. The lowest BCUT2D eigenvalue weighted by Gasteiger charge is -2.06. The summed E-state index contributed by atoms with van der Waals surface area (Å²) in [6.45, 7) is 0. The molecule has 0 aromatic heterocycles. The third-order valence-electron chi connectivity index (χ3n) is 1.22. The van der Waals surface area contributed by atoms with Crippen molar-refractivity contribution in [3.63, 3.8) is 0 Å². The van der Waals surface area contributed by atoms with Gasteiger partial charge in [0.15, 0.2) is 0 Å². The molecule has 4 heteroatoms. The minimum absolute atomic E-state index is 0.546. The van der Waals surface area contributed by atoms with Crippen LogP contribution in [0.2, 0.25) is 5.02 Å². The number of rotatable bonds is 1. The van der Waals surface area contributed by atoms with Gasteiger partial charge in [0.25, 0.3) is 0 Å². The van der Waals surface area contributed by atoms with Crippen LogP contribution in [0.1, 0.15) is 10.4 Å². The smallest absolute Gasteiger partial charge is 0.1000 e. The molecule has 0 radical (unpaired) electrons. The van der Waals surface area contributed by atoms with Crippen LogP contribution in [0.3, 0.4) is 0 Å². The highest BCUT2D eigenvalue weighted by molar-refractivity contribution is 14.1. The van der Waals surface area contributed by atoms with Crippen LogP contribution in [0.15, 0.2) is 18.2 Å². The summed E-state index contributed by atoms with van der Waals surface area (Å²) in [5.41, 5.74) is 0.790. The van der Waals surface area contributed by atoms with E-state index in [0.29, 0.717) is 5.02 Å². The third kappa shape index (κ3) is 2.38. The Bertz CT molecular complexity index is 240. The molecule has 0 fully saturated rings. The molecule has 1 aromatic rings. The summed E-state index contributed by atoms with van der Waals surface area (Å²) in [5, 5.41) is 0.618. The first-order chi connectivity index (χ1) is 5.13. The molecule has 0 unspecified atom stereocenters. The molecule has 11 heavy (non-hydrogen) atoms. The monoisotopic (exact) mass is 320 g/mol. The summed E-state index contributed by atoms with van der Waals surface area (Å²) >= 11 is 19.4. The van der Waals surface area contributed by atoms with E-state index in [0.717, 1.165) is 9.13 Å². The normalized spacial score (nSPS) is 10.6. The minimum atomic E-state index is -0.546. The zero-order valence-corrected chi connectivity index (χ0v) is 9.75. The van der Waals surface area contributed by atoms with Crippen molar-refractivity contribution in [1.29, 1.82) is 0 Å². The SMILES string of the molecule is Clc1cccc(I)c1C(Cl)Cl. The van der Waals surface area contributed by atoms with Gasteiger partial charge in [-0.2, -0.15) is 0 Å². The predicted octanol–water partition coefficient (Wildman–Crippen LogP) is 4.42. The van der Waals surface area contributed by atoms with Crippen LogP contribution < -0.4 is 0 Å². The van der Waals surface area contributed by atoms with Gasteiger partial charge in [-0.05, 0) is 34.7 Å². The Morgan fingerprint density at radius 1 is 1.27 bits per heavy atom. The maximum Gasteiger partial charge on any atom is 0.135 e. The minimum Gasteiger partial charge on any atom is -0.1000 e. The molecule has 0 N–H and O–H groups in total. The van der Waals surface area contributed by atoms with E-state index in [2.05, 4.69) is 22.6 Å². The molecule has 60 valence electrons. The molecule has 0 saturated carbocycles. The highest BCUT2D eigenvalue weighted by Gasteiger charge is 2.11. The lowest BCUT2D eigenvalue weighted by Crippen LogP contribution is -1.87. The largest absolute Gasteiger partial charge is 0.135 e. The second-order valence-electron chi connectivity index (χ2n) is 1.94. The van der Waals surface area contributed by atoms with Gasteiger partial charge in [0, 0.05) is 14.2 Å². The quantitative estimate of drug-likeness (QED) is 0.530. The van der Waals surface area contributed by atoms with Crippen LogP contribution in [0.25, 0.3) is 0 Å². The molecule has 1 aromatic carbocycles. The molecule has 0 aliphatic heterocycles. The topological polar surface area (TPSA) is 0 Å². The summed E-state index contributed by atoms with van der Waals surface area (Å²) < 4.78 is 0.991. The van der Waals surface area contributed by atoms with Crippen molar-refractivity contribution in [2.24, 2.45) is 0 Å². The van der Waals surface area contributed by atoms with E-state index in [1.807, 2.05) is 12.1 Å². The van der Waals surface area contributed by atoms with Gasteiger partial charge in [-0.15, -0.1) is 0 Å². The second-order valence-corrected chi connectivity index (χ2v) is 4.60. The van der Waals surface area contributed by atoms with E-state index in [-0.39, 0.29) is 0 Å². The van der Waals surface area contributed by atoms with Gasteiger partial charge in [-0.1, -0.05) is 40.9 Å². The van der Waals surface area contributed by atoms with Crippen molar-refractivity contribution in [3.8, 4) is 0 Å².